The maximum atomic E-state index is 11.5. The Morgan fingerprint density at radius 1 is 1.38 bits per heavy atom. The molecule has 13 heavy (non-hydrogen) atoms. The molecule has 1 heterocycles. The Kier molecular flexibility index (Phi) is 3.48. The molecule has 0 aromatic heterocycles. The second kappa shape index (κ2) is 4.42. The quantitative estimate of drug-likeness (QED) is 0.614. The van der Waals surface area contributed by atoms with Crippen molar-refractivity contribution in [3.05, 3.63) is 11.6 Å². The third-order valence-corrected chi connectivity index (χ3v) is 2.19. The predicted octanol–water partition coefficient (Wildman–Crippen LogP) is 0.936. The van der Waals surface area contributed by atoms with Gasteiger partial charge in [0.1, 0.15) is 0 Å². The summed E-state index contributed by atoms with van der Waals surface area (Å²) < 4.78 is 0. The van der Waals surface area contributed by atoms with Gasteiger partial charge in [0.05, 0.1) is 6.10 Å². The maximum Gasteiger partial charge on any atom is 0.246 e. The topological polar surface area (TPSA) is 40.5 Å². The Morgan fingerprint density at radius 2 is 1.92 bits per heavy atom. The standard InChI is InChI=1S/C10H17NO2/c1-8(2)7-10(13)11-5-3-9(12)4-6-11/h7,9,12H,3-6H2,1-2H3. The van der Waals surface area contributed by atoms with Gasteiger partial charge in [-0.1, -0.05) is 5.57 Å². The van der Waals surface area contributed by atoms with Crippen LogP contribution in [0.3, 0.4) is 0 Å². The van der Waals surface area contributed by atoms with Crippen molar-refractivity contribution >= 4 is 5.91 Å². The van der Waals surface area contributed by atoms with Gasteiger partial charge in [-0.3, -0.25) is 4.79 Å². The van der Waals surface area contributed by atoms with Crippen LogP contribution < -0.4 is 0 Å². The minimum atomic E-state index is -0.212. The molecule has 3 nitrogen and oxygen atoms in total. The van der Waals surface area contributed by atoms with Gasteiger partial charge in [-0.15, -0.1) is 0 Å². The van der Waals surface area contributed by atoms with Gasteiger partial charge in [0.15, 0.2) is 0 Å². The molecule has 1 N–H and O–H groups in total. The minimum absolute atomic E-state index is 0.0758. The van der Waals surface area contributed by atoms with Crippen LogP contribution in [0.1, 0.15) is 26.7 Å². The van der Waals surface area contributed by atoms with Crippen LogP contribution >= 0.6 is 0 Å². The normalized spacial score (nSPS) is 18.5. The molecule has 0 aromatic carbocycles. The molecule has 0 spiro atoms. The lowest BCUT2D eigenvalue weighted by molar-refractivity contribution is -0.127. The van der Waals surface area contributed by atoms with Gasteiger partial charge in [0.25, 0.3) is 0 Å². The number of amides is 1. The van der Waals surface area contributed by atoms with Crippen LogP contribution in [0.4, 0.5) is 0 Å². The molecule has 1 aliphatic heterocycles. The minimum Gasteiger partial charge on any atom is -0.393 e. The third kappa shape index (κ3) is 3.19. The number of carbonyl (C=O) groups is 1. The number of carbonyl (C=O) groups excluding carboxylic acids is 1. The zero-order chi connectivity index (χ0) is 9.84. The van der Waals surface area contributed by atoms with Crippen LogP contribution in [0, 0.1) is 0 Å². The van der Waals surface area contributed by atoms with Crippen molar-refractivity contribution in [2.75, 3.05) is 13.1 Å². The maximum absolute atomic E-state index is 11.5. The fourth-order valence-electron chi connectivity index (χ4n) is 1.42. The number of likely N-dealkylation sites (tertiary alicyclic amines) is 1. The highest BCUT2D eigenvalue weighted by Crippen LogP contribution is 2.10. The molecule has 0 unspecified atom stereocenters. The van der Waals surface area contributed by atoms with Gasteiger partial charge in [-0.05, 0) is 26.7 Å². The van der Waals surface area contributed by atoms with Crippen molar-refractivity contribution in [2.45, 2.75) is 32.8 Å². The molecule has 3 heteroatoms. The molecular formula is C10H17NO2. The number of allylic oxidation sites excluding steroid dienone is 1. The second-order valence-electron chi connectivity index (χ2n) is 3.78. The van der Waals surface area contributed by atoms with Crippen LogP contribution in [0.25, 0.3) is 0 Å². The fraction of sp³-hybridized carbons (Fsp3) is 0.700. The van der Waals surface area contributed by atoms with E-state index in [2.05, 4.69) is 0 Å². The highest BCUT2D eigenvalue weighted by Gasteiger charge is 2.19. The average molecular weight is 183 g/mol. The van der Waals surface area contributed by atoms with Crippen molar-refractivity contribution in [1.82, 2.24) is 4.90 Å². The van der Waals surface area contributed by atoms with E-state index >= 15 is 0 Å². The van der Waals surface area contributed by atoms with Crippen LogP contribution in [0.2, 0.25) is 0 Å². The molecule has 1 rings (SSSR count). The van der Waals surface area contributed by atoms with Crippen molar-refractivity contribution < 1.29 is 9.90 Å². The lowest BCUT2D eigenvalue weighted by atomic mass is 10.1. The molecule has 1 saturated heterocycles. The molecule has 0 aliphatic carbocycles. The van der Waals surface area contributed by atoms with E-state index in [1.807, 2.05) is 13.8 Å². The Hall–Kier alpha value is -0.830. The summed E-state index contributed by atoms with van der Waals surface area (Å²) >= 11 is 0. The van der Waals surface area contributed by atoms with E-state index in [1.165, 1.54) is 0 Å². The summed E-state index contributed by atoms with van der Waals surface area (Å²) in [5, 5.41) is 9.24. The smallest absolute Gasteiger partial charge is 0.246 e. The second-order valence-corrected chi connectivity index (χ2v) is 3.78. The first kappa shape index (κ1) is 10.3. The van der Waals surface area contributed by atoms with E-state index in [9.17, 15) is 9.90 Å². The van der Waals surface area contributed by atoms with Gasteiger partial charge in [-0.2, -0.15) is 0 Å². The highest BCUT2D eigenvalue weighted by atomic mass is 16.3. The zero-order valence-electron chi connectivity index (χ0n) is 8.29. The Morgan fingerprint density at radius 3 is 2.38 bits per heavy atom. The Balaban J connectivity index is 2.45. The summed E-state index contributed by atoms with van der Waals surface area (Å²) in [7, 11) is 0. The van der Waals surface area contributed by atoms with Crippen LogP contribution in [-0.2, 0) is 4.79 Å². The fourth-order valence-corrected chi connectivity index (χ4v) is 1.42. The molecule has 74 valence electrons. The SMILES string of the molecule is CC(C)=CC(=O)N1CCC(O)CC1. The number of hydrogen-bond donors (Lipinski definition) is 1. The van der Waals surface area contributed by atoms with Crippen molar-refractivity contribution in [2.24, 2.45) is 0 Å². The highest BCUT2D eigenvalue weighted by molar-refractivity contribution is 5.88. The largest absolute Gasteiger partial charge is 0.393 e. The summed E-state index contributed by atoms with van der Waals surface area (Å²) in [5.41, 5.74) is 1.02. The molecule has 1 fully saturated rings. The van der Waals surface area contributed by atoms with Gasteiger partial charge in [0, 0.05) is 19.2 Å². The van der Waals surface area contributed by atoms with E-state index in [4.69, 9.17) is 0 Å². The van der Waals surface area contributed by atoms with Gasteiger partial charge in [0.2, 0.25) is 5.91 Å². The van der Waals surface area contributed by atoms with Crippen LogP contribution in [-0.4, -0.2) is 35.1 Å². The van der Waals surface area contributed by atoms with Gasteiger partial charge >= 0.3 is 0 Å². The van der Waals surface area contributed by atoms with E-state index in [1.54, 1.807) is 11.0 Å². The molecule has 0 atom stereocenters. The van der Waals surface area contributed by atoms with E-state index in [0.29, 0.717) is 25.9 Å². The number of piperidine rings is 1. The summed E-state index contributed by atoms with van der Waals surface area (Å²) in [6.45, 7) is 5.20. The predicted molar refractivity (Wildman–Crippen MR) is 51.3 cm³/mol. The first-order chi connectivity index (χ1) is 6.09. The van der Waals surface area contributed by atoms with Crippen molar-refractivity contribution in [3.8, 4) is 0 Å². The Bertz CT molecular complexity index is 211. The number of nitrogens with zero attached hydrogens (tertiary/aromatic N) is 1. The summed E-state index contributed by atoms with van der Waals surface area (Å²) in [4.78, 5) is 13.3. The van der Waals surface area contributed by atoms with E-state index < -0.39 is 0 Å². The monoisotopic (exact) mass is 183 g/mol. The van der Waals surface area contributed by atoms with Crippen molar-refractivity contribution in [1.29, 1.82) is 0 Å². The van der Waals surface area contributed by atoms with E-state index in [0.717, 1.165) is 5.57 Å². The zero-order valence-corrected chi connectivity index (χ0v) is 8.29. The Labute approximate surface area is 79.0 Å². The van der Waals surface area contributed by atoms with Crippen LogP contribution in [0.5, 0.6) is 0 Å². The first-order valence-electron chi connectivity index (χ1n) is 4.71. The van der Waals surface area contributed by atoms with Crippen LogP contribution in [0.15, 0.2) is 11.6 Å². The van der Waals surface area contributed by atoms with E-state index in [-0.39, 0.29) is 12.0 Å². The summed E-state index contributed by atoms with van der Waals surface area (Å²) in [6.07, 6.45) is 2.86. The van der Waals surface area contributed by atoms with Crippen molar-refractivity contribution in [3.63, 3.8) is 0 Å². The third-order valence-electron chi connectivity index (χ3n) is 2.19. The molecule has 1 amide bonds. The molecule has 0 saturated carbocycles. The number of aliphatic hydroxyl groups is 1. The molecular weight excluding hydrogens is 166 g/mol. The first-order valence-corrected chi connectivity index (χ1v) is 4.71. The van der Waals surface area contributed by atoms with Gasteiger partial charge < -0.3 is 10.0 Å². The summed E-state index contributed by atoms with van der Waals surface area (Å²) in [6, 6.07) is 0. The lowest BCUT2D eigenvalue weighted by Crippen LogP contribution is -2.39. The number of hydrogen-bond acceptors (Lipinski definition) is 2. The summed E-state index contributed by atoms with van der Waals surface area (Å²) in [5.74, 6) is 0.0758. The molecule has 1 aliphatic rings. The molecule has 0 radical (unpaired) electrons. The average Bonchev–Trinajstić information content (AvgIpc) is 2.04. The number of aliphatic hydroxyl groups excluding tert-OH is 1. The molecule has 0 bridgehead atoms. The molecule has 0 aromatic rings. The lowest BCUT2D eigenvalue weighted by Gasteiger charge is -2.28. The van der Waals surface area contributed by atoms with Gasteiger partial charge in [-0.25, -0.2) is 0 Å². The number of rotatable bonds is 1.